The summed E-state index contributed by atoms with van der Waals surface area (Å²) >= 11 is 2.90. The number of carbonyl (C=O) groups is 1. The van der Waals surface area contributed by atoms with E-state index in [-0.39, 0.29) is 24.0 Å². The van der Waals surface area contributed by atoms with Crippen molar-refractivity contribution in [2.45, 2.75) is 116 Å². The van der Waals surface area contributed by atoms with Gasteiger partial charge in [0.05, 0.1) is 36.1 Å². The van der Waals surface area contributed by atoms with E-state index in [1.54, 1.807) is 0 Å². The molecule has 10 nitrogen and oxygen atoms in total. The molecule has 2 fully saturated rings. The minimum Gasteiger partial charge on any atom is -0.444 e. The van der Waals surface area contributed by atoms with E-state index in [4.69, 9.17) is 23.6 Å². The summed E-state index contributed by atoms with van der Waals surface area (Å²) in [5.74, 6) is 0.403. The Morgan fingerprint density at radius 2 is 1.37 bits per heavy atom. The highest BCUT2D eigenvalue weighted by atomic mass is 32.1. The van der Waals surface area contributed by atoms with E-state index in [0.717, 1.165) is 87.5 Å². The molecule has 4 heterocycles. The predicted molar refractivity (Wildman–Crippen MR) is 207 cm³/mol. The van der Waals surface area contributed by atoms with Gasteiger partial charge in [-0.05, 0) is 103 Å². The molecular formula is C39H56N8O2S2. The van der Waals surface area contributed by atoms with Crippen LogP contribution in [0.4, 0.5) is 14.8 Å². The second kappa shape index (κ2) is 18.8. The van der Waals surface area contributed by atoms with E-state index in [2.05, 4.69) is 64.6 Å². The zero-order valence-electron chi connectivity index (χ0n) is 31.5. The first kappa shape index (κ1) is 41.9. The van der Waals surface area contributed by atoms with Gasteiger partial charge >= 0.3 is 6.09 Å². The van der Waals surface area contributed by atoms with E-state index >= 15 is 0 Å². The number of nitrogens with one attached hydrogen (secondary N) is 1. The summed E-state index contributed by atoms with van der Waals surface area (Å²) in [5, 5.41) is 24.1. The highest BCUT2D eigenvalue weighted by molar-refractivity contribution is 7.16. The van der Waals surface area contributed by atoms with Crippen LogP contribution < -0.4 is 11.1 Å². The zero-order chi connectivity index (χ0) is 37.8. The van der Waals surface area contributed by atoms with Crippen molar-refractivity contribution < 1.29 is 9.53 Å². The summed E-state index contributed by atoms with van der Waals surface area (Å²) in [5.41, 5.74) is 4.42. The monoisotopic (exact) mass is 732 g/mol. The van der Waals surface area contributed by atoms with E-state index in [9.17, 15) is 15.3 Å². The van der Waals surface area contributed by atoms with Crippen molar-refractivity contribution in [2.24, 2.45) is 17.6 Å². The average Bonchev–Trinajstić information content (AvgIpc) is 3.89. The quantitative estimate of drug-likeness (QED) is 0.198. The number of alkyl carbamates (subject to hydrolysis) is 1. The van der Waals surface area contributed by atoms with Gasteiger partial charge in [0.15, 0.2) is 0 Å². The number of nitrogens with two attached hydrogens (primary N) is 1. The van der Waals surface area contributed by atoms with Crippen LogP contribution in [0.3, 0.4) is 0 Å². The van der Waals surface area contributed by atoms with Gasteiger partial charge in [0.25, 0.3) is 0 Å². The molecule has 12 heteroatoms. The Labute approximate surface area is 314 Å². The van der Waals surface area contributed by atoms with Crippen molar-refractivity contribution >= 4 is 38.8 Å². The van der Waals surface area contributed by atoms with Crippen molar-refractivity contribution in [3.05, 3.63) is 56.9 Å². The van der Waals surface area contributed by atoms with E-state index < -0.39 is 16.4 Å². The SMILES string of the molecule is [C-]#[N+]c1ccc(C(C#N)(CCCN2CC[C@@H](N)C2)C(C)C)s1.[C-]#[N+]c1ccc(C(C#N)(CCCN2CC[C@@H](NC(=O)OC(C)(C)C)C2)C(C)C)s1. The first-order chi connectivity index (χ1) is 24.1. The van der Waals surface area contributed by atoms with Crippen LogP contribution >= 0.6 is 22.7 Å². The highest BCUT2D eigenvalue weighted by Gasteiger charge is 2.38. The third-order valence-corrected chi connectivity index (χ3v) is 12.4. The lowest BCUT2D eigenvalue weighted by molar-refractivity contribution is 0.0506. The second-order valence-electron chi connectivity index (χ2n) is 15.5. The van der Waals surface area contributed by atoms with Crippen molar-refractivity contribution in [1.29, 1.82) is 10.5 Å². The van der Waals surface area contributed by atoms with Crippen LogP contribution in [0.2, 0.25) is 0 Å². The van der Waals surface area contributed by atoms with Crippen LogP contribution in [0.5, 0.6) is 0 Å². The van der Waals surface area contributed by atoms with Gasteiger partial charge in [-0.15, -0.1) is 0 Å². The van der Waals surface area contributed by atoms with Crippen molar-refractivity contribution in [1.82, 2.24) is 15.1 Å². The largest absolute Gasteiger partial charge is 0.444 e. The molecule has 2 unspecified atom stereocenters. The summed E-state index contributed by atoms with van der Waals surface area (Å²) in [6, 6.07) is 13.1. The zero-order valence-corrected chi connectivity index (χ0v) is 33.1. The smallest absolute Gasteiger partial charge is 0.407 e. The fourth-order valence-electron chi connectivity index (χ4n) is 6.98. The summed E-state index contributed by atoms with van der Waals surface area (Å²) in [4.78, 5) is 25.7. The molecule has 0 spiro atoms. The topological polar surface area (TPSA) is 127 Å². The Kier molecular flexibility index (Phi) is 15.5. The van der Waals surface area contributed by atoms with Gasteiger partial charge in [0.2, 0.25) is 10.0 Å². The molecule has 276 valence electrons. The van der Waals surface area contributed by atoms with Gasteiger partial charge in [0, 0.05) is 41.5 Å². The molecule has 2 aliphatic rings. The normalized spacial score (nSPS) is 20.3. The maximum absolute atomic E-state index is 12.0. The van der Waals surface area contributed by atoms with Crippen molar-refractivity contribution in [2.75, 3.05) is 39.3 Å². The number of hydrogen-bond donors (Lipinski definition) is 2. The number of nitriles is 2. The Morgan fingerprint density at radius 3 is 1.75 bits per heavy atom. The van der Waals surface area contributed by atoms with Gasteiger partial charge in [-0.2, -0.15) is 33.2 Å². The number of thiophene rings is 2. The maximum atomic E-state index is 12.0. The number of ether oxygens (including phenoxy) is 1. The summed E-state index contributed by atoms with van der Waals surface area (Å²) in [6.45, 7) is 34.0. The lowest BCUT2D eigenvalue weighted by Crippen LogP contribution is -2.40. The molecule has 3 N–H and O–H groups in total. The van der Waals surface area contributed by atoms with Gasteiger partial charge in [-0.1, -0.05) is 39.8 Å². The molecule has 1 amide bonds. The Hall–Kier alpha value is -3.49. The van der Waals surface area contributed by atoms with Crippen LogP contribution in [-0.2, 0) is 15.6 Å². The molecule has 2 aliphatic heterocycles. The third kappa shape index (κ3) is 11.5. The fraction of sp³-hybridized carbons (Fsp3) is 0.667. The highest BCUT2D eigenvalue weighted by Crippen LogP contribution is 2.43. The number of hydrogen-bond acceptors (Lipinski definition) is 9. The van der Waals surface area contributed by atoms with Gasteiger partial charge in [-0.25, -0.2) is 14.5 Å². The molecule has 0 aliphatic carbocycles. The molecule has 0 saturated carbocycles. The molecule has 0 aromatic carbocycles. The molecule has 4 rings (SSSR count). The minimum absolute atomic E-state index is 0.106. The van der Waals surface area contributed by atoms with Crippen LogP contribution in [0.15, 0.2) is 24.3 Å². The lowest BCUT2D eigenvalue weighted by atomic mass is 9.73. The fourth-order valence-corrected chi connectivity index (χ4v) is 9.20. The summed E-state index contributed by atoms with van der Waals surface area (Å²) < 4.78 is 5.34. The number of carbonyl (C=O) groups excluding carboxylic acids is 1. The molecule has 51 heavy (non-hydrogen) atoms. The first-order valence-electron chi connectivity index (χ1n) is 18.1. The molecule has 0 radical (unpaired) electrons. The number of amides is 1. The predicted octanol–water partition coefficient (Wildman–Crippen LogP) is 8.62. The molecule has 2 aromatic heterocycles. The van der Waals surface area contributed by atoms with Gasteiger partial charge in [-0.3, -0.25) is 0 Å². The van der Waals surface area contributed by atoms with Gasteiger partial charge < -0.3 is 25.6 Å². The second-order valence-corrected chi connectivity index (χ2v) is 17.6. The molecular weight excluding hydrogens is 677 g/mol. The number of likely N-dealkylation sites (tertiary alicyclic amines) is 2. The average molecular weight is 733 g/mol. The Balaban J connectivity index is 0.000000286. The summed E-state index contributed by atoms with van der Waals surface area (Å²) in [6.07, 6.45) is 5.12. The standard InChI is InChI=1S/C22H32N4O2S.C17H24N4S/c1-16(2)22(15-23,18-8-9-19(24-6)29-18)11-7-12-26-13-10-17(14-26)25-20(27)28-21(3,4)5;1-13(2)17(12-18,15-5-6-16(20-3)22-15)8-4-9-21-10-7-14(19)11-21/h8-9,16-17H,7,10-14H2,1-5H3,(H,25,27);5-6,13-14H,4,7-11,19H2,1-2H3/t17-,22?;14-,17?/m11/s1. The van der Waals surface area contributed by atoms with Crippen molar-refractivity contribution in [3.8, 4) is 12.1 Å². The third-order valence-electron chi connectivity index (χ3n) is 10.0. The number of rotatable bonds is 13. The van der Waals surface area contributed by atoms with Crippen LogP contribution in [0.25, 0.3) is 9.69 Å². The van der Waals surface area contributed by atoms with Crippen LogP contribution in [-0.4, -0.2) is 72.8 Å². The van der Waals surface area contributed by atoms with Crippen LogP contribution in [0, 0.1) is 47.6 Å². The van der Waals surface area contributed by atoms with Gasteiger partial charge in [0.1, 0.15) is 5.60 Å². The molecule has 2 aromatic rings. The Morgan fingerprint density at radius 1 is 0.902 bits per heavy atom. The summed E-state index contributed by atoms with van der Waals surface area (Å²) in [7, 11) is 0. The number of nitrogens with zero attached hydrogens (tertiary/aromatic N) is 6. The first-order valence-corrected chi connectivity index (χ1v) is 19.7. The van der Waals surface area contributed by atoms with Crippen molar-refractivity contribution in [3.63, 3.8) is 0 Å². The molecule has 2 saturated heterocycles. The minimum atomic E-state index is -0.554. The molecule has 0 bridgehead atoms. The Bertz CT molecular complexity index is 1600. The van der Waals surface area contributed by atoms with E-state index in [1.807, 2.05) is 45.0 Å². The van der Waals surface area contributed by atoms with Crippen LogP contribution in [0.1, 0.15) is 96.7 Å². The maximum Gasteiger partial charge on any atom is 0.407 e. The van der Waals surface area contributed by atoms with E-state index in [1.165, 1.54) is 22.7 Å². The lowest BCUT2D eigenvalue weighted by Gasteiger charge is -2.31. The molecule has 4 atom stereocenters. The van der Waals surface area contributed by atoms with E-state index in [0.29, 0.717) is 16.0 Å².